The zero-order chi connectivity index (χ0) is 13.8. The van der Waals surface area contributed by atoms with Gasteiger partial charge in [0.25, 0.3) is 0 Å². The Kier molecular flexibility index (Phi) is 5.39. The van der Waals surface area contributed by atoms with Crippen molar-refractivity contribution in [1.82, 2.24) is 10.3 Å². The number of benzene rings is 1. The highest BCUT2D eigenvalue weighted by molar-refractivity contribution is 9.11. The lowest BCUT2D eigenvalue weighted by molar-refractivity contribution is 0.573. The number of nitrogens with one attached hydrogen (secondary N) is 1. The van der Waals surface area contributed by atoms with Gasteiger partial charge in [0.05, 0.1) is 11.7 Å². The summed E-state index contributed by atoms with van der Waals surface area (Å²) in [6.07, 6.45) is 2.67. The third-order valence-corrected chi connectivity index (χ3v) is 4.19. The summed E-state index contributed by atoms with van der Waals surface area (Å²) >= 11 is 12.9. The van der Waals surface area contributed by atoms with Crippen LogP contribution in [0.3, 0.4) is 0 Å². The minimum absolute atomic E-state index is 0.156. The van der Waals surface area contributed by atoms with E-state index in [9.17, 15) is 0 Å². The minimum Gasteiger partial charge on any atom is -0.311 e. The SMILES string of the molecule is CNC(Cc1ccc(Cl)cc1)c1ncc(Br)cc1Br. The molecule has 1 aromatic heterocycles. The third-order valence-electron chi connectivity index (χ3n) is 2.87. The van der Waals surface area contributed by atoms with E-state index in [0.717, 1.165) is 26.1 Å². The van der Waals surface area contributed by atoms with Crippen LogP contribution in [-0.4, -0.2) is 12.0 Å². The van der Waals surface area contributed by atoms with E-state index in [4.69, 9.17) is 11.6 Å². The van der Waals surface area contributed by atoms with Gasteiger partial charge in [0, 0.05) is 20.2 Å². The molecule has 0 saturated carbocycles. The van der Waals surface area contributed by atoms with Crippen molar-refractivity contribution in [3.63, 3.8) is 0 Å². The quantitative estimate of drug-likeness (QED) is 0.795. The number of aromatic nitrogens is 1. The van der Waals surface area contributed by atoms with Crippen LogP contribution in [0.2, 0.25) is 5.02 Å². The summed E-state index contributed by atoms with van der Waals surface area (Å²) in [5, 5.41) is 4.06. The van der Waals surface area contributed by atoms with E-state index in [-0.39, 0.29) is 6.04 Å². The summed E-state index contributed by atoms with van der Waals surface area (Å²) in [7, 11) is 1.94. The third kappa shape index (κ3) is 4.02. The van der Waals surface area contributed by atoms with E-state index in [2.05, 4.69) is 42.2 Å². The van der Waals surface area contributed by atoms with Crippen molar-refractivity contribution in [2.24, 2.45) is 0 Å². The van der Waals surface area contributed by atoms with Crippen molar-refractivity contribution >= 4 is 43.5 Å². The molecule has 0 aliphatic rings. The number of pyridine rings is 1. The number of likely N-dealkylation sites (N-methyl/N-ethyl adjacent to an activating group) is 1. The van der Waals surface area contributed by atoms with Gasteiger partial charge < -0.3 is 5.32 Å². The smallest absolute Gasteiger partial charge is 0.0719 e. The van der Waals surface area contributed by atoms with E-state index < -0.39 is 0 Å². The van der Waals surface area contributed by atoms with Crippen LogP contribution in [0.1, 0.15) is 17.3 Å². The Morgan fingerprint density at radius 2 is 1.95 bits per heavy atom. The van der Waals surface area contributed by atoms with Crippen LogP contribution in [0.25, 0.3) is 0 Å². The fourth-order valence-electron chi connectivity index (χ4n) is 1.87. The summed E-state index contributed by atoms with van der Waals surface area (Å²) in [6, 6.07) is 10.1. The van der Waals surface area contributed by atoms with E-state index in [1.807, 2.05) is 43.6 Å². The van der Waals surface area contributed by atoms with Gasteiger partial charge in [-0.2, -0.15) is 0 Å². The second-order valence-corrected chi connectivity index (χ2v) is 6.40. The van der Waals surface area contributed by atoms with Gasteiger partial charge in [0.2, 0.25) is 0 Å². The second-order valence-electron chi connectivity index (χ2n) is 4.19. The molecule has 100 valence electrons. The van der Waals surface area contributed by atoms with Crippen molar-refractivity contribution in [2.75, 3.05) is 7.05 Å². The summed E-state index contributed by atoms with van der Waals surface area (Å²) in [5.41, 5.74) is 2.22. The number of rotatable bonds is 4. The fourth-order valence-corrected chi connectivity index (χ4v) is 3.26. The van der Waals surface area contributed by atoms with E-state index in [1.165, 1.54) is 5.56 Å². The molecular weight excluding hydrogens is 391 g/mol. The van der Waals surface area contributed by atoms with Gasteiger partial charge >= 0.3 is 0 Å². The predicted molar refractivity (Wildman–Crippen MR) is 86.6 cm³/mol. The van der Waals surface area contributed by atoms with Crippen molar-refractivity contribution in [1.29, 1.82) is 0 Å². The monoisotopic (exact) mass is 402 g/mol. The molecule has 0 saturated heterocycles. The van der Waals surface area contributed by atoms with E-state index in [1.54, 1.807) is 0 Å². The fraction of sp³-hybridized carbons (Fsp3) is 0.214. The summed E-state index contributed by atoms with van der Waals surface area (Å²) in [6.45, 7) is 0. The van der Waals surface area contributed by atoms with Gasteiger partial charge in [-0.15, -0.1) is 0 Å². The molecule has 0 fully saturated rings. The Balaban J connectivity index is 2.22. The Bertz CT molecular complexity index is 558. The molecule has 0 bridgehead atoms. The van der Waals surface area contributed by atoms with E-state index in [0.29, 0.717) is 0 Å². The van der Waals surface area contributed by atoms with Gasteiger partial charge in [-0.1, -0.05) is 23.7 Å². The number of nitrogens with zero attached hydrogens (tertiary/aromatic N) is 1. The first-order chi connectivity index (χ1) is 9.10. The zero-order valence-corrected chi connectivity index (χ0v) is 14.3. The maximum Gasteiger partial charge on any atom is 0.0719 e. The van der Waals surface area contributed by atoms with Crippen molar-refractivity contribution < 1.29 is 0 Å². The number of hydrogen-bond donors (Lipinski definition) is 1. The van der Waals surface area contributed by atoms with Crippen LogP contribution in [0.15, 0.2) is 45.5 Å². The molecule has 1 heterocycles. The van der Waals surface area contributed by atoms with Gasteiger partial charge in [0.15, 0.2) is 0 Å². The zero-order valence-electron chi connectivity index (χ0n) is 10.3. The molecular formula is C14H13Br2ClN2. The molecule has 1 aromatic carbocycles. The topological polar surface area (TPSA) is 24.9 Å². The van der Waals surface area contributed by atoms with Gasteiger partial charge in [-0.3, -0.25) is 4.98 Å². The summed E-state index contributed by atoms with van der Waals surface area (Å²) in [5.74, 6) is 0. The molecule has 1 N–H and O–H groups in total. The van der Waals surface area contributed by atoms with Crippen LogP contribution in [0.4, 0.5) is 0 Å². The van der Waals surface area contributed by atoms with Crippen LogP contribution in [0.5, 0.6) is 0 Å². The molecule has 0 amide bonds. The standard InChI is InChI=1S/C14H13Br2ClN2/c1-18-13(6-9-2-4-11(17)5-3-9)14-12(16)7-10(15)8-19-14/h2-5,7-8,13,18H,6H2,1H3. The Morgan fingerprint density at radius 3 is 2.53 bits per heavy atom. The lowest BCUT2D eigenvalue weighted by Gasteiger charge is -2.17. The Morgan fingerprint density at radius 1 is 1.26 bits per heavy atom. The summed E-state index contributed by atoms with van der Waals surface area (Å²) < 4.78 is 1.96. The maximum absolute atomic E-state index is 5.90. The van der Waals surface area contributed by atoms with Crippen LogP contribution >= 0.6 is 43.5 Å². The van der Waals surface area contributed by atoms with Crippen LogP contribution in [0, 0.1) is 0 Å². The molecule has 1 atom stereocenters. The van der Waals surface area contributed by atoms with Crippen molar-refractivity contribution in [2.45, 2.75) is 12.5 Å². The molecule has 2 nitrogen and oxygen atoms in total. The molecule has 2 rings (SSSR count). The van der Waals surface area contributed by atoms with Crippen molar-refractivity contribution in [3.05, 3.63) is 61.8 Å². The highest BCUT2D eigenvalue weighted by atomic mass is 79.9. The highest BCUT2D eigenvalue weighted by Crippen LogP contribution is 2.26. The molecule has 5 heteroatoms. The molecule has 0 aliphatic heterocycles. The molecule has 1 unspecified atom stereocenters. The Labute approximate surface area is 134 Å². The first kappa shape index (κ1) is 15.0. The highest BCUT2D eigenvalue weighted by Gasteiger charge is 2.15. The first-order valence-electron chi connectivity index (χ1n) is 5.83. The average Bonchev–Trinajstić information content (AvgIpc) is 2.39. The van der Waals surface area contributed by atoms with Crippen molar-refractivity contribution in [3.8, 4) is 0 Å². The normalized spacial score (nSPS) is 12.4. The lowest BCUT2D eigenvalue weighted by atomic mass is 10.0. The average molecular weight is 405 g/mol. The van der Waals surface area contributed by atoms with Gasteiger partial charge in [-0.05, 0) is 69.1 Å². The minimum atomic E-state index is 0.156. The first-order valence-corrected chi connectivity index (χ1v) is 7.79. The van der Waals surface area contributed by atoms with Crippen LogP contribution < -0.4 is 5.32 Å². The summed E-state index contributed by atoms with van der Waals surface area (Å²) in [4.78, 5) is 4.48. The molecule has 19 heavy (non-hydrogen) atoms. The molecule has 2 aromatic rings. The Hall–Kier alpha value is -0.420. The van der Waals surface area contributed by atoms with E-state index >= 15 is 0 Å². The second kappa shape index (κ2) is 6.84. The van der Waals surface area contributed by atoms with Crippen LogP contribution in [-0.2, 0) is 6.42 Å². The largest absolute Gasteiger partial charge is 0.311 e. The molecule has 0 radical (unpaired) electrons. The van der Waals surface area contributed by atoms with Gasteiger partial charge in [0.1, 0.15) is 0 Å². The van der Waals surface area contributed by atoms with Gasteiger partial charge in [-0.25, -0.2) is 0 Å². The predicted octanol–water partition coefficient (Wildman–Crippen LogP) is 4.76. The number of halogens is 3. The maximum atomic E-state index is 5.90. The number of hydrogen-bond acceptors (Lipinski definition) is 2. The lowest BCUT2D eigenvalue weighted by Crippen LogP contribution is -2.20. The molecule has 0 spiro atoms. The molecule has 0 aliphatic carbocycles.